The molecule has 1 saturated carbocycles. The van der Waals surface area contributed by atoms with Gasteiger partial charge in [0.15, 0.2) is 0 Å². The van der Waals surface area contributed by atoms with Gasteiger partial charge in [-0.1, -0.05) is 30.3 Å². The van der Waals surface area contributed by atoms with Crippen molar-refractivity contribution < 1.29 is 15.4 Å². The van der Waals surface area contributed by atoms with Crippen LogP contribution in [-0.2, 0) is 15.1 Å². The first-order valence-electron chi connectivity index (χ1n) is 11.8. The largest absolute Gasteiger partial charge is 0.355 e. The van der Waals surface area contributed by atoms with Gasteiger partial charge in [0.05, 0.1) is 18.0 Å². The minimum atomic E-state index is -0.798. The average Bonchev–Trinajstić information content (AvgIpc) is 3.68. The number of halogens is 1. The van der Waals surface area contributed by atoms with Gasteiger partial charge in [-0.2, -0.15) is 0 Å². The number of carbonyl (C=O) groups excluding carboxylic acids is 2. The van der Waals surface area contributed by atoms with Gasteiger partial charge in [0.2, 0.25) is 11.8 Å². The van der Waals surface area contributed by atoms with Crippen LogP contribution in [0.25, 0.3) is 0 Å². The Labute approximate surface area is 205 Å². The maximum Gasteiger partial charge on any atom is 0.230 e. The molecular formula is C28H29FN4O2. The van der Waals surface area contributed by atoms with Crippen molar-refractivity contribution in [3.63, 3.8) is 0 Å². The van der Waals surface area contributed by atoms with E-state index < -0.39 is 5.54 Å². The van der Waals surface area contributed by atoms with Crippen molar-refractivity contribution in [1.82, 2.24) is 5.32 Å². The first kappa shape index (κ1) is 22.8. The number of hydrogen-bond donors (Lipinski definition) is 3. The molecule has 1 aliphatic carbocycles. The summed E-state index contributed by atoms with van der Waals surface area (Å²) in [5.41, 5.74) is 2.72. The van der Waals surface area contributed by atoms with Gasteiger partial charge in [0, 0.05) is 36.2 Å². The number of hydrogen-bond acceptors (Lipinski definition) is 4. The lowest BCUT2D eigenvalue weighted by Crippen LogP contribution is -2.53. The van der Waals surface area contributed by atoms with E-state index in [1.807, 2.05) is 49.4 Å². The summed E-state index contributed by atoms with van der Waals surface area (Å²) in [4.78, 5) is 27.8. The molecule has 0 bridgehead atoms. The van der Waals surface area contributed by atoms with Crippen LogP contribution in [0.1, 0.15) is 38.7 Å². The Bertz CT molecular complexity index is 1280. The highest BCUT2D eigenvalue weighted by Gasteiger charge is 2.52. The first-order valence-corrected chi connectivity index (χ1v) is 11.8. The molecule has 3 aromatic carbocycles. The van der Waals surface area contributed by atoms with E-state index in [1.165, 1.54) is 18.3 Å². The van der Waals surface area contributed by atoms with Crippen molar-refractivity contribution >= 4 is 35.1 Å². The van der Waals surface area contributed by atoms with Gasteiger partial charge < -0.3 is 20.9 Å². The van der Waals surface area contributed by atoms with Crippen molar-refractivity contribution in [3.8, 4) is 0 Å². The van der Waals surface area contributed by atoms with Gasteiger partial charge in [-0.25, -0.2) is 4.39 Å². The second kappa shape index (κ2) is 8.98. The van der Waals surface area contributed by atoms with E-state index in [4.69, 9.17) is 5.41 Å². The molecule has 2 atom stereocenters. The molecule has 6 nitrogen and oxygen atoms in total. The van der Waals surface area contributed by atoms with E-state index in [9.17, 15) is 14.0 Å². The van der Waals surface area contributed by atoms with Gasteiger partial charge in [0.25, 0.3) is 0 Å². The van der Waals surface area contributed by atoms with Gasteiger partial charge in [-0.15, -0.1) is 0 Å². The molecule has 2 fully saturated rings. The molecule has 180 valence electrons. The molecule has 5 rings (SSSR count). The Balaban J connectivity index is 0.00000304. The zero-order valence-electron chi connectivity index (χ0n) is 19.4. The number of amides is 2. The molecule has 1 heterocycles. The van der Waals surface area contributed by atoms with E-state index in [-0.39, 0.29) is 37.4 Å². The zero-order chi connectivity index (χ0) is 24.6. The van der Waals surface area contributed by atoms with Crippen molar-refractivity contribution in [2.75, 3.05) is 10.2 Å². The van der Waals surface area contributed by atoms with Gasteiger partial charge >= 0.3 is 0 Å². The van der Waals surface area contributed by atoms with Gasteiger partial charge in [0.1, 0.15) is 5.82 Å². The molecule has 0 radical (unpaired) electrons. The summed E-state index contributed by atoms with van der Waals surface area (Å²) < 4.78 is 13.3. The molecule has 2 aliphatic rings. The lowest BCUT2D eigenvalue weighted by Gasteiger charge is -2.40. The fourth-order valence-corrected chi connectivity index (χ4v) is 4.84. The van der Waals surface area contributed by atoms with Crippen molar-refractivity contribution in [3.05, 3.63) is 89.7 Å². The maximum atomic E-state index is 13.4. The molecule has 2 unspecified atom stereocenters. The third-order valence-corrected chi connectivity index (χ3v) is 6.97. The first-order chi connectivity index (χ1) is 16.9. The number of rotatable bonds is 7. The summed E-state index contributed by atoms with van der Waals surface area (Å²) in [6.07, 6.45) is 3.20. The minimum absolute atomic E-state index is 0. The van der Waals surface area contributed by atoms with E-state index >= 15 is 0 Å². The fraction of sp³-hybridized carbons (Fsp3) is 0.250. The molecule has 1 saturated heterocycles. The SMILES string of the molecule is CC1(c2ccccc2)C(NC(=O)C2CC2)CC(=O)N1c1ccc(Nc2ccc(F)cc2)c(C=N)c1.[HH]. The quantitative estimate of drug-likeness (QED) is 0.405. The Morgan fingerprint density at radius 1 is 1.11 bits per heavy atom. The number of nitrogens with zero attached hydrogens (tertiary/aromatic N) is 1. The van der Waals surface area contributed by atoms with Crippen LogP contribution < -0.4 is 15.5 Å². The molecule has 7 heteroatoms. The second-order valence-corrected chi connectivity index (χ2v) is 9.33. The minimum Gasteiger partial charge on any atom is -0.355 e. The topological polar surface area (TPSA) is 85.3 Å². The Morgan fingerprint density at radius 3 is 2.49 bits per heavy atom. The van der Waals surface area contributed by atoms with E-state index in [2.05, 4.69) is 10.6 Å². The third kappa shape index (κ3) is 4.30. The van der Waals surface area contributed by atoms with Crippen LogP contribution in [0.15, 0.2) is 72.8 Å². The van der Waals surface area contributed by atoms with Gasteiger partial charge in [-0.3, -0.25) is 9.59 Å². The summed E-state index contributed by atoms with van der Waals surface area (Å²) in [5.74, 6) is -0.367. The number of nitrogens with one attached hydrogen (secondary N) is 3. The lowest BCUT2D eigenvalue weighted by atomic mass is 9.84. The van der Waals surface area contributed by atoms with Crippen LogP contribution in [0.4, 0.5) is 21.5 Å². The normalized spacial score (nSPS) is 21.6. The predicted molar refractivity (Wildman–Crippen MR) is 137 cm³/mol. The van der Waals surface area contributed by atoms with Crippen molar-refractivity contribution in [2.24, 2.45) is 5.92 Å². The summed E-state index contributed by atoms with van der Waals surface area (Å²) in [6, 6.07) is 20.8. The summed E-state index contributed by atoms with van der Waals surface area (Å²) >= 11 is 0. The van der Waals surface area contributed by atoms with E-state index in [0.29, 0.717) is 22.6 Å². The van der Waals surface area contributed by atoms with Crippen LogP contribution >= 0.6 is 0 Å². The van der Waals surface area contributed by atoms with E-state index in [1.54, 1.807) is 23.1 Å². The number of carbonyl (C=O) groups is 2. The van der Waals surface area contributed by atoms with Crippen molar-refractivity contribution in [1.29, 1.82) is 5.41 Å². The second-order valence-electron chi connectivity index (χ2n) is 9.33. The van der Waals surface area contributed by atoms with Crippen LogP contribution in [0.5, 0.6) is 0 Å². The van der Waals surface area contributed by atoms with E-state index in [0.717, 1.165) is 18.4 Å². The monoisotopic (exact) mass is 472 g/mol. The standard InChI is InChI=1S/C28H27FN4O2.H2/c1-28(20-5-3-2-4-6-20)25(32-27(35)18-7-8-18)16-26(34)33(28)23-13-14-24(19(15-23)17-30)31-22-11-9-21(29)10-12-22;/h2-6,9-15,17-18,25,30-31H,7-8,16H2,1H3,(H,32,35);1H. The molecule has 1 aliphatic heterocycles. The third-order valence-electron chi connectivity index (χ3n) is 6.97. The highest BCUT2D eigenvalue weighted by atomic mass is 19.1. The zero-order valence-corrected chi connectivity index (χ0v) is 19.4. The maximum absolute atomic E-state index is 13.4. The molecule has 0 aromatic heterocycles. The predicted octanol–water partition coefficient (Wildman–Crippen LogP) is 5.36. The molecular weight excluding hydrogens is 443 g/mol. The van der Waals surface area contributed by atoms with Crippen LogP contribution in [-0.4, -0.2) is 24.1 Å². The Morgan fingerprint density at radius 2 is 1.83 bits per heavy atom. The molecule has 0 spiro atoms. The van der Waals surface area contributed by atoms with Crippen LogP contribution in [0.3, 0.4) is 0 Å². The average molecular weight is 473 g/mol. The number of benzene rings is 3. The fourth-order valence-electron chi connectivity index (χ4n) is 4.84. The Hall–Kier alpha value is -4.00. The van der Waals surface area contributed by atoms with Crippen molar-refractivity contribution in [2.45, 2.75) is 37.8 Å². The summed E-state index contributed by atoms with van der Waals surface area (Å²) in [6.45, 7) is 1.99. The van der Waals surface area contributed by atoms with Crippen LogP contribution in [0.2, 0.25) is 0 Å². The number of anilines is 3. The molecule has 2 amide bonds. The lowest BCUT2D eigenvalue weighted by molar-refractivity contribution is -0.123. The summed E-state index contributed by atoms with van der Waals surface area (Å²) in [5, 5.41) is 14.3. The molecule has 35 heavy (non-hydrogen) atoms. The summed E-state index contributed by atoms with van der Waals surface area (Å²) in [7, 11) is 0. The smallest absolute Gasteiger partial charge is 0.230 e. The van der Waals surface area contributed by atoms with Crippen LogP contribution in [0, 0.1) is 17.1 Å². The van der Waals surface area contributed by atoms with Gasteiger partial charge in [-0.05, 0) is 67.8 Å². The highest BCUT2D eigenvalue weighted by molar-refractivity contribution is 6.01. The molecule has 3 N–H and O–H groups in total. The highest BCUT2D eigenvalue weighted by Crippen LogP contribution is 2.44. The molecule has 3 aromatic rings. The Kier molecular flexibility index (Phi) is 5.84.